The van der Waals surface area contributed by atoms with Crippen LogP contribution < -0.4 is 11.1 Å². The first-order chi connectivity index (χ1) is 9.74. The molecule has 2 heterocycles. The lowest BCUT2D eigenvalue weighted by Crippen LogP contribution is -2.35. The Morgan fingerprint density at radius 1 is 1.35 bits per heavy atom. The van der Waals surface area contributed by atoms with E-state index in [0.717, 1.165) is 12.4 Å². The summed E-state index contributed by atoms with van der Waals surface area (Å²) in [5, 5.41) is 4.81. The van der Waals surface area contributed by atoms with Gasteiger partial charge in [0.05, 0.1) is 0 Å². The normalized spacial score (nSPS) is 21.9. The molecule has 1 saturated heterocycles. The molecule has 1 aliphatic heterocycles. The summed E-state index contributed by atoms with van der Waals surface area (Å²) in [4.78, 5) is 2.61. The number of hydrogen-bond acceptors (Lipinski definition) is 5. The van der Waals surface area contributed by atoms with Crippen molar-refractivity contribution in [1.29, 1.82) is 0 Å². The number of piperidine rings is 1. The number of rotatable bonds is 6. The topological polar surface area (TPSA) is 54.2 Å². The molecule has 1 aromatic heterocycles. The lowest BCUT2D eigenvalue weighted by atomic mass is 10.1. The highest BCUT2D eigenvalue weighted by atomic mass is 32.1. The summed E-state index contributed by atoms with van der Waals surface area (Å²) in [7, 11) is 0. The molecule has 0 spiro atoms. The van der Waals surface area contributed by atoms with Crippen LogP contribution >= 0.6 is 11.5 Å². The molecule has 0 radical (unpaired) electrons. The smallest absolute Gasteiger partial charge is 0.142 e. The van der Waals surface area contributed by atoms with Crippen molar-refractivity contribution in [3.05, 3.63) is 5.56 Å². The van der Waals surface area contributed by atoms with Gasteiger partial charge < -0.3 is 16.0 Å². The fraction of sp³-hybridized carbons (Fsp3) is 0.800. The first kappa shape index (κ1) is 14.1. The van der Waals surface area contributed by atoms with E-state index in [-0.39, 0.29) is 0 Å². The third-order valence-electron chi connectivity index (χ3n) is 4.37. The number of nitrogens with one attached hydrogen (secondary N) is 1. The van der Waals surface area contributed by atoms with E-state index in [1.807, 2.05) is 0 Å². The molecular weight excluding hydrogens is 268 g/mol. The minimum Gasteiger partial charge on any atom is -0.383 e. The zero-order chi connectivity index (χ0) is 13.9. The van der Waals surface area contributed by atoms with Crippen LogP contribution in [0.5, 0.6) is 0 Å². The predicted molar refractivity (Wildman–Crippen MR) is 86.4 cm³/mol. The number of nitrogen functional groups attached to an aromatic ring is 1. The van der Waals surface area contributed by atoms with Crippen LogP contribution in [0.15, 0.2) is 0 Å². The van der Waals surface area contributed by atoms with Crippen LogP contribution in [0.4, 0.5) is 10.8 Å². The van der Waals surface area contributed by atoms with Crippen LogP contribution in [-0.2, 0) is 0 Å². The number of likely N-dealkylation sites (tertiary alicyclic amines) is 1. The van der Waals surface area contributed by atoms with Crippen molar-refractivity contribution in [2.24, 2.45) is 5.92 Å². The quantitative estimate of drug-likeness (QED) is 0.846. The molecule has 1 aliphatic carbocycles. The van der Waals surface area contributed by atoms with Crippen LogP contribution in [0, 0.1) is 5.92 Å². The lowest BCUT2D eigenvalue weighted by molar-refractivity contribution is 0.204. The summed E-state index contributed by atoms with van der Waals surface area (Å²) < 4.78 is 4.32. The van der Waals surface area contributed by atoms with E-state index < -0.39 is 0 Å². The average molecular weight is 294 g/mol. The number of nitrogens with two attached hydrogens (primary N) is 1. The zero-order valence-corrected chi connectivity index (χ0v) is 13.2. The van der Waals surface area contributed by atoms with E-state index in [1.165, 1.54) is 73.8 Å². The number of anilines is 2. The number of nitrogens with zero attached hydrogens (tertiary/aromatic N) is 2. The summed E-state index contributed by atoms with van der Waals surface area (Å²) in [5.74, 6) is 2.10. The molecule has 1 aromatic rings. The largest absolute Gasteiger partial charge is 0.383 e. The molecule has 0 bridgehead atoms. The molecule has 1 saturated carbocycles. The maximum absolute atomic E-state index is 5.99. The Balaban J connectivity index is 1.48. The molecule has 1 atom stereocenters. The van der Waals surface area contributed by atoms with Gasteiger partial charge in [0.25, 0.3) is 0 Å². The van der Waals surface area contributed by atoms with Gasteiger partial charge in [-0.3, -0.25) is 0 Å². The highest BCUT2D eigenvalue weighted by molar-refractivity contribution is 7.10. The van der Waals surface area contributed by atoms with Gasteiger partial charge in [0.2, 0.25) is 0 Å². The average Bonchev–Trinajstić information content (AvgIpc) is 3.21. The Labute approximate surface area is 125 Å². The summed E-state index contributed by atoms with van der Waals surface area (Å²) in [6, 6.07) is 0. The molecule has 20 heavy (non-hydrogen) atoms. The minimum absolute atomic E-state index is 0.670. The molecule has 3 N–H and O–H groups in total. The third-order valence-corrected chi connectivity index (χ3v) is 5.21. The SMILES string of the molecule is CC(CNc1snc(N)c1C1CC1)CN1CCCCC1. The highest BCUT2D eigenvalue weighted by Crippen LogP contribution is 2.47. The zero-order valence-electron chi connectivity index (χ0n) is 12.4. The molecule has 2 aliphatic rings. The molecule has 5 heteroatoms. The van der Waals surface area contributed by atoms with Crippen molar-refractivity contribution in [1.82, 2.24) is 9.27 Å². The summed E-state index contributed by atoms with van der Waals surface area (Å²) in [6.45, 7) is 7.14. The van der Waals surface area contributed by atoms with E-state index >= 15 is 0 Å². The van der Waals surface area contributed by atoms with Gasteiger partial charge in [0.15, 0.2) is 0 Å². The fourth-order valence-electron chi connectivity index (χ4n) is 3.12. The van der Waals surface area contributed by atoms with Crippen molar-refractivity contribution in [3.8, 4) is 0 Å². The summed E-state index contributed by atoms with van der Waals surface area (Å²) in [6.07, 6.45) is 6.71. The lowest BCUT2D eigenvalue weighted by Gasteiger charge is -2.29. The summed E-state index contributed by atoms with van der Waals surface area (Å²) >= 11 is 1.53. The van der Waals surface area contributed by atoms with E-state index in [9.17, 15) is 0 Å². The second-order valence-electron chi connectivity index (χ2n) is 6.43. The molecular formula is C15H26N4S. The standard InChI is InChI=1S/C15H26N4S/c1-11(10-19-7-3-2-4-8-19)9-17-15-13(12-5-6-12)14(16)18-20-15/h11-12,17H,2-10H2,1H3,(H2,16,18). The second kappa shape index (κ2) is 6.31. The van der Waals surface area contributed by atoms with Gasteiger partial charge in [-0.05, 0) is 62.1 Å². The molecule has 3 rings (SSSR count). The van der Waals surface area contributed by atoms with E-state index in [0.29, 0.717) is 11.8 Å². The first-order valence-electron chi connectivity index (χ1n) is 7.95. The van der Waals surface area contributed by atoms with Crippen molar-refractivity contribution in [2.45, 2.75) is 44.9 Å². The summed E-state index contributed by atoms with van der Waals surface area (Å²) in [5.41, 5.74) is 7.28. The van der Waals surface area contributed by atoms with Crippen molar-refractivity contribution < 1.29 is 0 Å². The van der Waals surface area contributed by atoms with Crippen LogP contribution in [0.25, 0.3) is 0 Å². The first-order valence-corrected chi connectivity index (χ1v) is 8.72. The minimum atomic E-state index is 0.670. The predicted octanol–water partition coefficient (Wildman–Crippen LogP) is 3.14. The molecule has 2 fully saturated rings. The van der Waals surface area contributed by atoms with Crippen molar-refractivity contribution in [2.75, 3.05) is 37.2 Å². The maximum atomic E-state index is 5.99. The van der Waals surface area contributed by atoms with Gasteiger partial charge in [-0.1, -0.05) is 13.3 Å². The van der Waals surface area contributed by atoms with Crippen molar-refractivity contribution >= 4 is 22.4 Å². The van der Waals surface area contributed by atoms with E-state index in [1.54, 1.807) is 0 Å². The second-order valence-corrected chi connectivity index (χ2v) is 7.21. The Morgan fingerprint density at radius 3 is 2.80 bits per heavy atom. The van der Waals surface area contributed by atoms with Crippen LogP contribution in [0.3, 0.4) is 0 Å². The Bertz CT molecular complexity index is 435. The number of aromatic nitrogens is 1. The van der Waals surface area contributed by atoms with E-state index in [4.69, 9.17) is 5.73 Å². The highest BCUT2D eigenvalue weighted by Gasteiger charge is 2.30. The molecule has 0 aromatic carbocycles. The maximum Gasteiger partial charge on any atom is 0.142 e. The Hall–Kier alpha value is -0.810. The van der Waals surface area contributed by atoms with Gasteiger partial charge in [-0.25, -0.2) is 0 Å². The van der Waals surface area contributed by atoms with Crippen LogP contribution in [0.1, 0.15) is 50.5 Å². The van der Waals surface area contributed by atoms with Crippen LogP contribution in [0.2, 0.25) is 0 Å². The fourth-order valence-corrected chi connectivity index (χ4v) is 3.92. The van der Waals surface area contributed by atoms with Gasteiger partial charge in [-0.15, -0.1) is 0 Å². The molecule has 4 nitrogen and oxygen atoms in total. The Morgan fingerprint density at radius 2 is 2.10 bits per heavy atom. The third kappa shape index (κ3) is 3.44. The van der Waals surface area contributed by atoms with Gasteiger partial charge in [0, 0.05) is 18.7 Å². The molecule has 112 valence electrons. The van der Waals surface area contributed by atoms with E-state index in [2.05, 4.69) is 21.5 Å². The Kier molecular flexibility index (Phi) is 4.46. The van der Waals surface area contributed by atoms with Crippen molar-refractivity contribution in [3.63, 3.8) is 0 Å². The number of hydrogen-bond donors (Lipinski definition) is 2. The molecule has 1 unspecified atom stereocenters. The van der Waals surface area contributed by atoms with Gasteiger partial charge in [0.1, 0.15) is 10.8 Å². The van der Waals surface area contributed by atoms with Gasteiger partial charge >= 0.3 is 0 Å². The monoisotopic (exact) mass is 294 g/mol. The van der Waals surface area contributed by atoms with Crippen LogP contribution in [-0.4, -0.2) is 35.5 Å². The molecule has 0 amide bonds. The van der Waals surface area contributed by atoms with Gasteiger partial charge in [-0.2, -0.15) is 4.37 Å².